The predicted molar refractivity (Wildman–Crippen MR) is 52.1 cm³/mol. The zero-order valence-corrected chi connectivity index (χ0v) is 8.19. The van der Waals surface area contributed by atoms with E-state index in [4.69, 9.17) is 0 Å². The van der Waals surface area contributed by atoms with Crippen LogP contribution in [0.4, 0.5) is 0 Å². The summed E-state index contributed by atoms with van der Waals surface area (Å²) in [4.78, 5) is 0. The maximum Gasteiger partial charge on any atom is 0.0215 e. The molecule has 68 valence electrons. The maximum absolute atomic E-state index is 3.52. The van der Waals surface area contributed by atoms with Crippen molar-refractivity contribution >= 4 is 0 Å². The quantitative estimate of drug-likeness (QED) is 0.589. The van der Waals surface area contributed by atoms with Crippen LogP contribution in [0.5, 0.6) is 0 Å². The molecule has 0 amide bonds. The van der Waals surface area contributed by atoms with Crippen LogP contribution in [0, 0.1) is 5.92 Å². The van der Waals surface area contributed by atoms with Gasteiger partial charge in [0.15, 0.2) is 0 Å². The number of hydrogen-bond donors (Lipinski definition) is 1. The zero-order chi connectivity index (χ0) is 8.60. The van der Waals surface area contributed by atoms with Gasteiger partial charge in [-0.1, -0.05) is 11.6 Å². The van der Waals surface area contributed by atoms with E-state index in [1.807, 2.05) is 0 Å². The highest BCUT2D eigenvalue weighted by atomic mass is 14.9. The summed E-state index contributed by atoms with van der Waals surface area (Å²) in [6.45, 7) is 2.28. The molecule has 1 N–H and O–H groups in total. The summed E-state index contributed by atoms with van der Waals surface area (Å²) in [5.74, 6) is 0.969. The first-order valence-electron chi connectivity index (χ1n) is 5.09. The van der Waals surface area contributed by atoms with Gasteiger partial charge in [0.05, 0.1) is 0 Å². The van der Waals surface area contributed by atoms with E-state index >= 15 is 0 Å². The minimum atomic E-state index is 0.475. The van der Waals surface area contributed by atoms with Crippen molar-refractivity contribution in [3.63, 3.8) is 0 Å². The average Bonchev–Trinajstić information content (AvgIpc) is 2.37. The van der Waals surface area contributed by atoms with E-state index in [-0.39, 0.29) is 0 Å². The average molecular weight is 165 g/mol. The third-order valence-electron chi connectivity index (χ3n) is 3.69. The van der Waals surface area contributed by atoms with Crippen LogP contribution in [0.25, 0.3) is 0 Å². The van der Waals surface area contributed by atoms with Gasteiger partial charge in [0.25, 0.3) is 0 Å². The lowest BCUT2D eigenvalue weighted by Gasteiger charge is -2.26. The Balaban J connectivity index is 2.18. The van der Waals surface area contributed by atoms with Gasteiger partial charge in [-0.25, -0.2) is 0 Å². The van der Waals surface area contributed by atoms with Gasteiger partial charge in [-0.2, -0.15) is 0 Å². The standard InChI is InChI=1S/C11H19N/c1-9-3-5-11(12-2)6-4-10(7-9)8-11/h3,10,12H,4-8H2,1-2H3. The molecule has 0 saturated heterocycles. The Kier molecular flexibility index (Phi) is 1.99. The van der Waals surface area contributed by atoms with Gasteiger partial charge in [-0.05, 0) is 52.0 Å². The molecular formula is C11H19N. The lowest BCUT2D eigenvalue weighted by Crippen LogP contribution is -2.39. The van der Waals surface area contributed by atoms with Crippen LogP contribution in [0.15, 0.2) is 11.6 Å². The lowest BCUT2D eigenvalue weighted by atomic mass is 9.93. The maximum atomic E-state index is 3.52. The largest absolute Gasteiger partial charge is 0.314 e. The summed E-state index contributed by atoms with van der Waals surface area (Å²) in [6, 6.07) is 0. The fourth-order valence-electron chi connectivity index (χ4n) is 2.83. The minimum Gasteiger partial charge on any atom is -0.314 e. The second kappa shape index (κ2) is 2.88. The molecule has 2 atom stereocenters. The van der Waals surface area contributed by atoms with Crippen molar-refractivity contribution in [2.45, 2.75) is 44.6 Å². The Morgan fingerprint density at radius 2 is 2.42 bits per heavy atom. The molecule has 0 aromatic heterocycles. The third-order valence-corrected chi connectivity index (χ3v) is 3.69. The van der Waals surface area contributed by atoms with Crippen LogP contribution in [-0.4, -0.2) is 12.6 Å². The van der Waals surface area contributed by atoms with E-state index in [1.165, 1.54) is 32.1 Å². The van der Waals surface area contributed by atoms with E-state index < -0.39 is 0 Å². The first kappa shape index (κ1) is 8.31. The molecule has 2 unspecified atom stereocenters. The van der Waals surface area contributed by atoms with E-state index in [2.05, 4.69) is 25.4 Å². The van der Waals surface area contributed by atoms with E-state index in [0.717, 1.165) is 5.92 Å². The number of rotatable bonds is 1. The monoisotopic (exact) mass is 165 g/mol. The molecule has 1 fully saturated rings. The fourth-order valence-corrected chi connectivity index (χ4v) is 2.83. The third kappa shape index (κ3) is 1.31. The summed E-state index contributed by atoms with van der Waals surface area (Å²) >= 11 is 0. The molecule has 0 spiro atoms. The van der Waals surface area contributed by atoms with Gasteiger partial charge in [0.1, 0.15) is 0 Å². The van der Waals surface area contributed by atoms with Gasteiger partial charge >= 0.3 is 0 Å². The molecule has 2 rings (SSSR count). The molecule has 2 aliphatic rings. The van der Waals surface area contributed by atoms with Crippen molar-refractivity contribution < 1.29 is 0 Å². The second-order valence-corrected chi connectivity index (χ2v) is 4.60. The number of hydrogen-bond acceptors (Lipinski definition) is 1. The summed E-state index contributed by atoms with van der Waals surface area (Å²) in [7, 11) is 2.12. The van der Waals surface area contributed by atoms with Gasteiger partial charge in [0.2, 0.25) is 0 Å². The van der Waals surface area contributed by atoms with Crippen molar-refractivity contribution in [3.05, 3.63) is 11.6 Å². The fraction of sp³-hybridized carbons (Fsp3) is 0.818. The van der Waals surface area contributed by atoms with Crippen molar-refractivity contribution in [1.29, 1.82) is 0 Å². The Bertz CT molecular complexity index is 207. The van der Waals surface area contributed by atoms with Crippen LogP contribution >= 0.6 is 0 Å². The molecule has 1 saturated carbocycles. The molecule has 0 heterocycles. The van der Waals surface area contributed by atoms with Crippen LogP contribution < -0.4 is 5.32 Å². The molecular weight excluding hydrogens is 146 g/mol. The van der Waals surface area contributed by atoms with Crippen molar-refractivity contribution in [2.75, 3.05) is 7.05 Å². The van der Waals surface area contributed by atoms with Crippen LogP contribution in [-0.2, 0) is 0 Å². The summed E-state index contributed by atoms with van der Waals surface area (Å²) < 4.78 is 0. The highest BCUT2D eigenvalue weighted by Crippen LogP contribution is 2.42. The van der Waals surface area contributed by atoms with Gasteiger partial charge in [-0.3, -0.25) is 0 Å². The Morgan fingerprint density at radius 3 is 3.17 bits per heavy atom. The molecule has 1 heteroatoms. The van der Waals surface area contributed by atoms with Crippen LogP contribution in [0.3, 0.4) is 0 Å². The molecule has 1 nitrogen and oxygen atoms in total. The highest BCUT2D eigenvalue weighted by molar-refractivity contribution is 5.12. The van der Waals surface area contributed by atoms with Crippen molar-refractivity contribution in [3.8, 4) is 0 Å². The Morgan fingerprint density at radius 1 is 1.58 bits per heavy atom. The zero-order valence-electron chi connectivity index (χ0n) is 8.19. The van der Waals surface area contributed by atoms with Crippen molar-refractivity contribution in [2.24, 2.45) is 5.92 Å². The van der Waals surface area contributed by atoms with E-state index in [1.54, 1.807) is 5.57 Å². The van der Waals surface area contributed by atoms with Crippen molar-refractivity contribution in [1.82, 2.24) is 5.32 Å². The van der Waals surface area contributed by atoms with Crippen LogP contribution in [0.1, 0.15) is 39.0 Å². The lowest BCUT2D eigenvalue weighted by molar-refractivity contribution is 0.353. The first-order chi connectivity index (χ1) is 5.74. The molecule has 2 aliphatic carbocycles. The molecule has 0 aromatic carbocycles. The molecule has 0 aliphatic heterocycles. The smallest absolute Gasteiger partial charge is 0.0215 e. The number of fused-ring (bicyclic) bond motifs is 2. The van der Waals surface area contributed by atoms with Crippen LogP contribution in [0.2, 0.25) is 0 Å². The van der Waals surface area contributed by atoms with Gasteiger partial charge in [-0.15, -0.1) is 0 Å². The highest BCUT2D eigenvalue weighted by Gasteiger charge is 2.38. The first-order valence-corrected chi connectivity index (χ1v) is 5.09. The number of allylic oxidation sites excluding steroid dienone is 1. The van der Waals surface area contributed by atoms with E-state index in [0.29, 0.717) is 5.54 Å². The molecule has 2 bridgehead atoms. The number of nitrogens with one attached hydrogen (secondary N) is 1. The molecule has 12 heavy (non-hydrogen) atoms. The van der Waals surface area contributed by atoms with Gasteiger partial charge in [0, 0.05) is 5.54 Å². The summed E-state index contributed by atoms with van der Waals surface area (Å²) in [5, 5.41) is 3.52. The van der Waals surface area contributed by atoms with E-state index in [9.17, 15) is 0 Å². The normalized spacial score (nSPS) is 40.8. The summed E-state index contributed by atoms with van der Waals surface area (Å²) in [5.41, 5.74) is 2.08. The molecule has 0 aromatic rings. The summed E-state index contributed by atoms with van der Waals surface area (Å²) in [6.07, 6.45) is 9.27. The Labute approximate surface area is 75.2 Å². The molecule has 0 radical (unpaired) electrons. The SMILES string of the molecule is CNC12CC=C(C)CC(CC1)C2. The second-order valence-electron chi connectivity index (χ2n) is 4.60. The predicted octanol–water partition coefficient (Wildman–Crippen LogP) is 2.48. The topological polar surface area (TPSA) is 12.0 Å². The Hall–Kier alpha value is -0.300. The minimum absolute atomic E-state index is 0.475. The van der Waals surface area contributed by atoms with Gasteiger partial charge < -0.3 is 5.32 Å².